The summed E-state index contributed by atoms with van der Waals surface area (Å²) in [6, 6.07) is 7.62. The van der Waals surface area contributed by atoms with Crippen molar-refractivity contribution in [1.82, 2.24) is 0 Å². The summed E-state index contributed by atoms with van der Waals surface area (Å²) < 4.78 is 8.88. The maximum Gasteiger partial charge on any atom is 0.466 e. The van der Waals surface area contributed by atoms with E-state index in [1.165, 1.54) is 12.8 Å². The minimum absolute atomic E-state index is 0.220. The van der Waals surface area contributed by atoms with E-state index in [-0.39, 0.29) is 5.78 Å². The molecule has 0 saturated heterocycles. The number of hydrogen-bond acceptors (Lipinski definition) is 3. The fourth-order valence-electron chi connectivity index (χ4n) is 2.02. The molecule has 0 unspecified atom stereocenters. The van der Waals surface area contributed by atoms with E-state index in [2.05, 4.69) is 11.9 Å². The van der Waals surface area contributed by atoms with Gasteiger partial charge in [0.2, 0.25) is 0 Å². The molecule has 0 fully saturated rings. The van der Waals surface area contributed by atoms with Gasteiger partial charge in [0, 0.05) is 17.7 Å². The van der Waals surface area contributed by atoms with Crippen molar-refractivity contribution in [3.05, 3.63) is 29.8 Å². The van der Waals surface area contributed by atoms with Gasteiger partial charge in [-0.05, 0) is 25.0 Å². The number of unbranched alkanes of at least 4 members (excludes halogenated alkanes) is 2. The van der Waals surface area contributed by atoms with Gasteiger partial charge in [-0.25, -0.2) is 4.57 Å². The number of rotatable bonds is 4. The second kappa shape index (κ2) is 8.20. The standard InChI is InChI=1S/C14H17NO.H3O4P/c1-2-3-4-7-11-10-14(16)12-8-5-6-9-13(12)15-11;1-5(2,3)4/h5-6,8-9H,2-4,7,10H2,1H3;(H3,1,2,3,4). The molecule has 1 aliphatic rings. The second-order valence-electron chi connectivity index (χ2n) is 4.77. The van der Waals surface area contributed by atoms with Gasteiger partial charge in [0.25, 0.3) is 0 Å². The van der Waals surface area contributed by atoms with E-state index in [1.807, 2.05) is 24.3 Å². The Kier molecular flexibility index (Phi) is 6.92. The van der Waals surface area contributed by atoms with Crippen molar-refractivity contribution < 1.29 is 24.0 Å². The molecular weight excluding hydrogens is 293 g/mol. The molecule has 1 aliphatic heterocycles. The van der Waals surface area contributed by atoms with Crippen LogP contribution in [0.3, 0.4) is 0 Å². The first-order chi connectivity index (χ1) is 9.81. The number of benzene rings is 1. The molecule has 116 valence electrons. The third-order valence-electron chi connectivity index (χ3n) is 2.92. The monoisotopic (exact) mass is 313 g/mol. The van der Waals surface area contributed by atoms with Crippen LogP contribution in [0, 0.1) is 0 Å². The first-order valence-corrected chi connectivity index (χ1v) is 8.34. The van der Waals surface area contributed by atoms with Crippen LogP contribution in [0.4, 0.5) is 5.69 Å². The summed E-state index contributed by atoms with van der Waals surface area (Å²) in [5, 5.41) is 0. The Morgan fingerprint density at radius 1 is 1.19 bits per heavy atom. The van der Waals surface area contributed by atoms with Gasteiger partial charge in [0.05, 0.1) is 5.69 Å². The van der Waals surface area contributed by atoms with Crippen LogP contribution in [0.5, 0.6) is 0 Å². The molecule has 3 N–H and O–H groups in total. The molecule has 0 spiro atoms. The van der Waals surface area contributed by atoms with Crippen LogP contribution in [0.25, 0.3) is 0 Å². The molecule has 2 rings (SSSR count). The SMILES string of the molecule is CCCCCC1=Nc2ccccc2C(=O)C1.O=P(O)(O)O. The van der Waals surface area contributed by atoms with Gasteiger partial charge in [-0.15, -0.1) is 0 Å². The lowest BCUT2D eigenvalue weighted by Crippen LogP contribution is -2.13. The Morgan fingerprint density at radius 2 is 1.81 bits per heavy atom. The number of hydrogen-bond donors (Lipinski definition) is 3. The molecule has 0 radical (unpaired) electrons. The zero-order valence-electron chi connectivity index (χ0n) is 11.9. The second-order valence-corrected chi connectivity index (χ2v) is 5.79. The highest BCUT2D eigenvalue weighted by molar-refractivity contribution is 7.45. The number of aliphatic imine (C=N–C) groups is 1. The van der Waals surface area contributed by atoms with Crippen molar-refractivity contribution in [3.8, 4) is 0 Å². The molecule has 0 aromatic heterocycles. The number of ketones is 1. The van der Waals surface area contributed by atoms with Crippen LogP contribution >= 0.6 is 7.82 Å². The van der Waals surface area contributed by atoms with E-state index >= 15 is 0 Å². The highest BCUT2D eigenvalue weighted by Gasteiger charge is 2.18. The predicted molar refractivity (Wildman–Crippen MR) is 80.9 cm³/mol. The van der Waals surface area contributed by atoms with Crippen LogP contribution < -0.4 is 0 Å². The van der Waals surface area contributed by atoms with Gasteiger partial charge >= 0.3 is 7.82 Å². The van der Waals surface area contributed by atoms with Gasteiger partial charge in [-0.1, -0.05) is 31.9 Å². The zero-order chi connectivity index (χ0) is 15.9. The summed E-state index contributed by atoms with van der Waals surface area (Å²) in [6.45, 7) is 2.18. The minimum Gasteiger partial charge on any atom is -0.303 e. The molecule has 0 atom stereocenters. The van der Waals surface area contributed by atoms with Crippen molar-refractivity contribution >= 4 is 25.0 Å². The molecule has 6 nitrogen and oxygen atoms in total. The van der Waals surface area contributed by atoms with E-state index in [9.17, 15) is 4.79 Å². The highest BCUT2D eigenvalue weighted by Crippen LogP contribution is 2.27. The Labute approximate surface area is 123 Å². The average molecular weight is 313 g/mol. The van der Waals surface area contributed by atoms with Crippen molar-refractivity contribution in [2.45, 2.75) is 39.0 Å². The molecule has 1 aromatic carbocycles. The van der Waals surface area contributed by atoms with Crippen LogP contribution in [0.1, 0.15) is 49.4 Å². The topological polar surface area (TPSA) is 107 Å². The molecular formula is C14H20NO5P. The number of carbonyl (C=O) groups excluding carboxylic acids is 1. The first-order valence-electron chi connectivity index (χ1n) is 6.78. The molecule has 1 aromatic rings. The molecule has 0 amide bonds. The van der Waals surface area contributed by atoms with Crippen molar-refractivity contribution in [1.29, 1.82) is 0 Å². The van der Waals surface area contributed by atoms with Crippen LogP contribution in [-0.2, 0) is 4.57 Å². The van der Waals surface area contributed by atoms with E-state index in [4.69, 9.17) is 19.2 Å². The fraction of sp³-hybridized carbons (Fsp3) is 0.429. The first kappa shape index (κ1) is 17.7. The van der Waals surface area contributed by atoms with Crippen LogP contribution in [0.15, 0.2) is 29.3 Å². The number of para-hydroxylation sites is 1. The van der Waals surface area contributed by atoms with Crippen LogP contribution in [-0.4, -0.2) is 26.2 Å². The molecule has 7 heteroatoms. The number of carbonyl (C=O) groups is 1. The summed E-state index contributed by atoms with van der Waals surface area (Å²) in [5.41, 5.74) is 2.68. The molecule has 1 heterocycles. The third-order valence-corrected chi connectivity index (χ3v) is 2.92. The Balaban J connectivity index is 0.000000383. The lowest BCUT2D eigenvalue weighted by molar-refractivity contribution is 0.0999. The normalized spacial score (nSPS) is 13.9. The van der Waals surface area contributed by atoms with E-state index in [0.29, 0.717) is 6.42 Å². The molecule has 21 heavy (non-hydrogen) atoms. The Bertz CT molecular complexity index is 556. The van der Waals surface area contributed by atoms with Gasteiger partial charge in [-0.3, -0.25) is 9.79 Å². The minimum atomic E-state index is -4.64. The fourth-order valence-corrected chi connectivity index (χ4v) is 2.02. The Hall–Kier alpha value is -1.33. The van der Waals surface area contributed by atoms with Gasteiger partial charge in [0.1, 0.15) is 0 Å². The van der Waals surface area contributed by atoms with Gasteiger partial charge in [-0.2, -0.15) is 0 Å². The van der Waals surface area contributed by atoms with Crippen molar-refractivity contribution in [2.24, 2.45) is 4.99 Å². The van der Waals surface area contributed by atoms with Crippen molar-refractivity contribution in [3.63, 3.8) is 0 Å². The largest absolute Gasteiger partial charge is 0.466 e. The quantitative estimate of drug-likeness (QED) is 0.585. The highest BCUT2D eigenvalue weighted by atomic mass is 31.2. The number of nitrogens with zero attached hydrogens (tertiary/aromatic N) is 1. The number of Topliss-reactive ketones (excluding diaryl/α,β-unsaturated/α-hetero) is 1. The molecule has 0 saturated carbocycles. The lowest BCUT2D eigenvalue weighted by atomic mass is 9.97. The number of fused-ring (bicyclic) bond motifs is 1. The maximum absolute atomic E-state index is 11.8. The number of phosphoric acid groups is 1. The summed E-state index contributed by atoms with van der Waals surface area (Å²) in [6.07, 6.45) is 5.05. The summed E-state index contributed by atoms with van der Waals surface area (Å²) in [5.74, 6) is 0.220. The Morgan fingerprint density at radius 3 is 2.43 bits per heavy atom. The molecule has 0 bridgehead atoms. The lowest BCUT2D eigenvalue weighted by Gasteiger charge is -2.14. The van der Waals surface area contributed by atoms with E-state index in [0.717, 1.165) is 29.8 Å². The summed E-state index contributed by atoms with van der Waals surface area (Å²) >= 11 is 0. The average Bonchev–Trinajstić information content (AvgIpc) is 2.37. The summed E-state index contributed by atoms with van der Waals surface area (Å²) in [7, 11) is -4.64. The van der Waals surface area contributed by atoms with Crippen molar-refractivity contribution in [2.75, 3.05) is 0 Å². The third kappa shape index (κ3) is 7.29. The smallest absolute Gasteiger partial charge is 0.303 e. The zero-order valence-corrected chi connectivity index (χ0v) is 12.8. The predicted octanol–water partition coefficient (Wildman–Crippen LogP) is 3.00. The summed E-state index contributed by atoms with van der Waals surface area (Å²) in [4.78, 5) is 38.0. The van der Waals surface area contributed by atoms with E-state index in [1.54, 1.807) is 0 Å². The van der Waals surface area contributed by atoms with Crippen LogP contribution in [0.2, 0.25) is 0 Å². The van der Waals surface area contributed by atoms with Gasteiger partial charge < -0.3 is 14.7 Å². The maximum atomic E-state index is 11.8. The van der Waals surface area contributed by atoms with E-state index < -0.39 is 7.82 Å². The van der Waals surface area contributed by atoms with Gasteiger partial charge in [0.15, 0.2) is 5.78 Å². The molecule has 0 aliphatic carbocycles.